The molecule has 0 amide bonds. The van der Waals surface area contributed by atoms with E-state index in [4.69, 9.17) is 17.0 Å². The van der Waals surface area contributed by atoms with E-state index in [1.807, 2.05) is 0 Å². The van der Waals surface area contributed by atoms with Gasteiger partial charge < -0.3 is 0 Å². The zero-order valence-electron chi connectivity index (χ0n) is 32.7. The molecule has 54 heavy (non-hydrogen) atoms. The third kappa shape index (κ3) is 5.87. The molecule has 0 fully saturated rings. The van der Waals surface area contributed by atoms with Gasteiger partial charge in [0.1, 0.15) is 0 Å². The summed E-state index contributed by atoms with van der Waals surface area (Å²) >= 11 is -5.21. The van der Waals surface area contributed by atoms with E-state index in [9.17, 15) is 0 Å². The molecule has 0 aromatic heterocycles. The number of hydrogen-bond acceptors (Lipinski definition) is 0. The Hall–Kier alpha value is -3.52. The third-order valence-corrected chi connectivity index (χ3v) is 64.3. The van der Waals surface area contributed by atoms with Crippen LogP contribution in [0.5, 0.6) is 0 Å². The molecule has 0 nitrogen and oxygen atoms in total. The van der Waals surface area contributed by atoms with Crippen molar-refractivity contribution in [2.45, 2.75) is 61.9 Å². The Morgan fingerprint density at radius 3 is 1.22 bits per heavy atom. The molecular formula is C50H49Cl2SiZr. The van der Waals surface area contributed by atoms with E-state index in [0.29, 0.717) is 0 Å². The quantitative estimate of drug-likeness (QED) is 0.141. The van der Waals surface area contributed by atoms with Crippen LogP contribution in [0.2, 0.25) is 13.1 Å². The summed E-state index contributed by atoms with van der Waals surface area (Å²) in [5, 5.41) is 0. The van der Waals surface area contributed by atoms with E-state index in [-0.39, 0.29) is 7.25 Å². The van der Waals surface area contributed by atoms with Gasteiger partial charge in [-0.25, -0.2) is 0 Å². The van der Waals surface area contributed by atoms with Crippen molar-refractivity contribution in [3.8, 4) is 22.3 Å². The molecule has 2 aliphatic rings. The van der Waals surface area contributed by atoms with Crippen molar-refractivity contribution in [1.82, 2.24) is 0 Å². The fourth-order valence-corrected chi connectivity index (χ4v) is 39.8. The van der Waals surface area contributed by atoms with Gasteiger partial charge >= 0.3 is 334 Å². The molecule has 4 heteroatoms. The SMILES string of the molecule is Cc1cc(C)c(C)c(-c2cccc3c2C=C(c2ccccc2)[CH]3[Zr]([Cl])([Cl])([CH]2C(c3ccccc3)=Cc3c(-c4cc(C)cc(C)c4C)cccc32)[SiH](C)C)c1. The number of aryl methyl sites for hydroxylation is 4. The molecule has 0 saturated heterocycles. The molecule has 6 aromatic carbocycles. The third-order valence-electron chi connectivity index (χ3n) is 12.7. The molecule has 0 bridgehead atoms. The van der Waals surface area contributed by atoms with Crippen LogP contribution in [0.25, 0.3) is 45.6 Å². The average Bonchev–Trinajstić information content (AvgIpc) is 3.77. The number of hydrogen-bond donors (Lipinski definition) is 0. The molecule has 2 unspecified atom stereocenters. The van der Waals surface area contributed by atoms with Gasteiger partial charge in [-0.15, -0.1) is 0 Å². The summed E-state index contributed by atoms with van der Waals surface area (Å²) in [6, 6.07) is 45.0. The van der Waals surface area contributed by atoms with Gasteiger partial charge in [0.05, 0.1) is 0 Å². The minimum absolute atomic E-state index is 0.0836. The van der Waals surface area contributed by atoms with Crippen molar-refractivity contribution >= 4 is 46.2 Å². The number of benzene rings is 6. The summed E-state index contributed by atoms with van der Waals surface area (Å²) in [6.07, 6.45) is 4.93. The molecule has 2 atom stereocenters. The van der Waals surface area contributed by atoms with E-state index in [1.54, 1.807) is 0 Å². The van der Waals surface area contributed by atoms with Crippen LogP contribution in [0.3, 0.4) is 0 Å². The van der Waals surface area contributed by atoms with Crippen LogP contribution in [-0.4, -0.2) is 5.92 Å². The summed E-state index contributed by atoms with van der Waals surface area (Å²) in [5.74, 6) is -1.84. The van der Waals surface area contributed by atoms with E-state index >= 15 is 0 Å². The summed E-state index contributed by atoms with van der Waals surface area (Å²) in [6.45, 7) is 18.3. The van der Waals surface area contributed by atoms with Gasteiger partial charge in [-0.3, -0.25) is 0 Å². The van der Waals surface area contributed by atoms with Crippen LogP contribution >= 0.6 is 17.0 Å². The Morgan fingerprint density at radius 1 is 0.463 bits per heavy atom. The number of fused-ring (bicyclic) bond motifs is 2. The van der Waals surface area contributed by atoms with Crippen molar-refractivity contribution in [3.05, 3.63) is 188 Å². The van der Waals surface area contributed by atoms with Crippen molar-refractivity contribution in [2.75, 3.05) is 0 Å². The van der Waals surface area contributed by atoms with E-state index in [0.717, 1.165) is 0 Å². The van der Waals surface area contributed by atoms with Crippen molar-refractivity contribution < 1.29 is 15.6 Å². The van der Waals surface area contributed by atoms with E-state index in [1.165, 1.54) is 100 Å². The maximum absolute atomic E-state index is 9.00. The molecule has 271 valence electrons. The molecule has 6 aromatic rings. The summed E-state index contributed by atoms with van der Waals surface area (Å²) < 4.78 is -0.167. The number of halogens is 2. The van der Waals surface area contributed by atoms with E-state index < -0.39 is 21.5 Å². The van der Waals surface area contributed by atoms with Gasteiger partial charge in [0.15, 0.2) is 0 Å². The van der Waals surface area contributed by atoms with Crippen LogP contribution in [0, 0.1) is 41.5 Å². The minimum atomic E-state index is -5.21. The Bertz CT molecular complexity index is 2360. The van der Waals surface area contributed by atoms with Gasteiger partial charge in [-0.1, -0.05) is 0 Å². The zero-order chi connectivity index (χ0) is 38.1. The molecule has 0 N–H and O–H groups in total. The van der Waals surface area contributed by atoms with Gasteiger partial charge in [0.25, 0.3) is 0 Å². The average molecular weight is 840 g/mol. The van der Waals surface area contributed by atoms with Crippen LogP contribution in [0.1, 0.15) is 74.0 Å². The second-order valence-electron chi connectivity index (χ2n) is 16.3. The normalized spacial score (nSPS) is 17.1. The van der Waals surface area contributed by atoms with Crippen LogP contribution in [0.4, 0.5) is 0 Å². The fraction of sp³-hybridized carbons (Fsp3) is 0.200. The first-order valence-corrected chi connectivity index (χ1v) is 35.6. The first-order chi connectivity index (χ1) is 25.8. The summed E-state index contributed by atoms with van der Waals surface area (Å²) in [4.78, 5) is 0. The second-order valence-corrected chi connectivity index (χ2v) is 58.8. The van der Waals surface area contributed by atoms with Crippen molar-refractivity contribution in [3.63, 3.8) is 0 Å². The van der Waals surface area contributed by atoms with Gasteiger partial charge in [0.2, 0.25) is 0 Å². The standard InChI is InChI=1S/2C24H21.C2H7Si.2ClH.Zr/c2*1-16-12-17(2)18(3)23(13-16)22-11-7-10-20-14-21(15-24(20)22)19-8-5-4-6-9-19;1-3-2;;;/h2*4-15H,1-3H3;3H,1-2H3;2*1H;/q;;;;;+2/p-2. The van der Waals surface area contributed by atoms with Crippen LogP contribution < -0.4 is 0 Å². The number of allylic oxidation sites excluding steroid dienone is 2. The van der Waals surface area contributed by atoms with Gasteiger partial charge in [0, 0.05) is 0 Å². The molecule has 0 saturated carbocycles. The van der Waals surface area contributed by atoms with Crippen molar-refractivity contribution in [1.29, 1.82) is 0 Å². The second kappa shape index (κ2) is 13.9. The first kappa shape index (κ1) is 37.4. The Labute approximate surface area is 331 Å². The monoisotopic (exact) mass is 837 g/mol. The molecule has 0 aliphatic heterocycles. The Kier molecular flexibility index (Phi) is 9.63. The van der Waals surface area contributed by atoms with Crippen LogP contribution in [0.15, 0.2) is 121 Å². The predicted octanol–water partition coefficient (Wildman–Crippen LogP) is 14.7. The topological polar surface area (TPSA) is 0 Å². The van der Waals surface area contributed by atoms with Gasteiger partial charge in [-0.2, -0.15) is 0 Å². The molecule has 0 radical (unpaired) electrons. The molecule has 0 heterocycles. The Balaban J connectivity index is 1.45. The predicted molar refractivity (Wildman–Crippen MR) is 237 cm³/mol. The number of rotatable bonds is 7. The fourth-order valence-electron chi connectivity index (χ4n) is 9.70. The summed E-state index contributed by atoms with van der Waals surface area (Å²) in [7, 11) is 18.0. The zero-order valence-corrected chi connectivity index (χ0v) is 37.8. The molecule has 8 rings (SSSR count). The summed E-state index contributed by atoms with van der Waals surface area (Å²) in [5.41, 5.74) is 23.0. The van der Waals surface area contributed by atoms with Gasteiger partial charge in [-0.05, 0) is 0 Å². The molecule has 0 spiro atoms. The molecular weight excluding hydrogens is 791 g/mol. The maximum atomic E-state index is 9.00. The van der Waals surface area contributed by atoms with Crippen molar-refractivity contribution in [2.24, 2.45) is 0 Å². The Morgan fingerprint density at radius 2 is 0.852 bits per heavy atom. The first-order valence-electron chi connectivity index (χ1n) is 19.3. The van der Waals surface area contributed by atoms with Crippen LogP contribution in [-0.2, 0) is 15.6 Å². The molecule has 2 aliphatic carbocycles. The van der Waals surface area contributed by atoms with E-state index in [2.05, 4.69) is 188 Å².